The number of hydrogen-bond donors (Lipinski definition) is 1. The fourth-order valence-corrected chi connectivity index (χ4v) is 23.9. The molecule has 20 rings (SSSR count). The van der Waals surface area contributed by atoms with Crippen molar-refractivity contribution in [1.29, 1.82) is 0 Å². The molecule has 101 heavy (non-hydrogen) atoms. The van der Waals surface area contributed by atoms with Crippen molar-refractivity contribution in [3.8, 4) is 0 Å². The zero-order valence-electron chi connectivity index (χ0n) is 60.9. The summed E-state index contributed by atoms with van der Waals surface area (Å²) in [7, 11) is 0. The van der Waals surface area contributed by atoms with Crippen molar-refractivity contribution in [2.45, 2.75) is 279 Å². The van der Waals surface area contributed by atoms with Crippen molar-refractivity contribution in [2.24, 2.45) is 71.0 Å². The summed E-state index contributed by atoms with van der Waals surface area (Å²) in [5.74, 6) is -3.80. The lowest BCUT2D eigenvalue weighted by Gasteiger charge is -2.60. The van der Waals surface area contributed by atoms with Crippen molar-refractivity contribution in [3.63, 3.8) is 0 Å². The maximum atomic E-state index is 14.6. The molecule has 0 amide bonds. The summed E-state index contributed by atoms with van der Waals surface area (Å²) < 4.78 is 160. The highest BCUT2D eigenvalue weighted by Crippen LogP contribution is 2.68. The van der Waals surface area contributed by atoms with Gasteiger partial charge in [-0.1, -0.05) is 43.6 Å². The minimum Gasteiger partial charge on any atom is -0.456 e. The van der Waals surface area contributed by atoms with Crippen LogP contribution < -0.4 is 5.32 Å². The van der Waals surface area contributed by atoms with E-state index in [2.05, 4.69) is 70.6 Å². The second-order valence-corrected chi connectivity index (χ2v) is 35.5. The SMILES string of the molecule is C[C@@H]1CC[C@H]2C(CBr)=C(C(F)(F)F)O[C@@H]3O[C@@]4(C)CCC1[C@]32O4.C[C@@H]1CC[C@H]2C[C@@](C)(OCCN3CCN(CC4=C(C(F)(F)F)O[C@@H]5O[C@@]6(C)CCC7[C@H](C)CC[C@@H]4[C@]75O6)CC3)O[C@@H]3O[C@]4(C)CCC1[C@@]23OO4.C[C@@H]1CC[C@H]2C[C@@](C)(OCCN3CCNCC3)O[C@@H]3O[C@]4(C)CCC1[C@@]23OO4. The maximum Gasteiger partial charge on any atom is 0.449 e. The Kier molecular flexibility index (Phi) is 19.2. The highest BCUT2D eigenvalue weighted by molar-refractivity contribution is 9.09. The van der Waals surface area contributed by atoms with Crippen molar-refractivity contribution in [1.82, 2.24) is 20.0 Å². The molecule has 26 atom stereocenters. The number of ether oxygens (including phenoxy) is 12. The first kappa shape index (κ1) is 73.6. The van der Waals surface area contributed by atoms with E-state index < -0.39 is 106 Å². The Balaban J connectivity index is 0.000000130. The topological polar surface area (TPSA) is 169 Å². The van der Waals surface area contributed by atoms with Crippen LogP contribution in [0.1, 0.15) is 185 Å². The fourth-order valence-electron chi connectivity index (χ4n) is 23.3. The molecule has 4 aliphatic carbocycles. The monoisotopic (exact) mass is 1500 g/mol. The quantitative estimate of drug-likeness (QED) is 0.118. The summed E-state index contributed by atoms with van der Waals surface area (Å²) >= 11 is 3.25. The van der Waals surface area contributed by atoms with Crippen LogP contribution in [-0.2, 0) is 76.4 Å². The lowest BCUT2D eigenvalue weighted by Crippen LogP contribution is -2.70. The Morgan fingerprint density at radius 3 is 1.25 bits per heavy atom. The lowest BCUT2D eigenvalue weighted by atomic mass is 9.58. The average Bonchev–Trinajstić information content (AvgIpc) is 1.54. The molecular weight excluding hydrogens is 1390 g/mol. The first-order valence-corrected chi connectivity index (χ1v) is 39.8. The van der Waals surface area contributed by atoms with Crippen LogP contribution >= 0.6 is 15.9 Å². The second kappa shape index (κ2) is 26.3. The average molecular weight is 1510 g/mol. The van der Waals surface area contributed by atoms with E-state index in [0.717, 1.165) is 123 Å². The summed E-state index contributed by atoms with van der Waals surface area (Å²) in [4.78, 5) is 31.1. The third kappa shape index (κ3) is 12.5. The van der Waals surface area contributed by atoms with Crippen LogP contribution in [0, 0.1) is 71.0 Å². The van der Waals surface area contributed by atoms with Gasteiger partial charge < -0.3 is 62.2 Å². The second-order valence-electron chi connectivity index (χ2n) is 35.0. The number of alkyl halides is 7. The molecule has 16 aliphatic heterocycles. The third-order valence-electron chi connectivity index (χ3n) is 28.4. The van der Waals surface area contributed by atoms with Gasteiger partial charge in [0.25, 0.3) is 0 Å². The molecular formula is C74H111BrF6N4O16. The number of nitrogens with one attached hydrogen (secondary N) is 1. The standard InChI is InChI=1S/C37H55F3N2O8.C21H36N2O5.C16H20BrF3O3/c1-22-6-8-24-20-34(5,47-31-35(24)26(22)11-13-33(4,46-31)49-50-35)43-19-18-41-14-16-42(17-15-41)21-25-28-9-7-23(2)27-10-12-32(3)45-30(36(27,28)48-32)44-29(25)37(38,39)40;1-15-4-5-16-14-20(3,24-13-12-23-10-8-22-9-11-23)26-18-21(16)17(15)6-7-19(2,25-18)27-28-21;1-8-3-4-11-9(7-17)12(16(18,19)20)21-13-15(11)10(8)5-6-14(2,22-13)23-15/h22-24,26-28,30-31H,6-21H2,1-5H3;15-18,22H,4-14H2,1-3H3;8,10-11,13H,3-7H2,1-2H3/t22-,23-,24+,26?,27?,28+,30-,31+,32-,33+,34+,35+,36-;15-,16+,17?,18+,19+,20+,21+;8-,10?,11+,13-,14-,15-/m111/s1. The van der Waals surface area contributed by atoms with Crippen LogP contribution in [0.15, 0.2) is 22.7 Å². The molecule has 16 heterocycles. The molecule has 20 nitrogen and oxygen atoms in total. The van der Waals surface area contributed by atoms with Gasteiger partial charge in [-0.2, -0.15) is 26.3 Å². The van der Waals surface area contributed by atoms with E-state index in [9.17, 15) is 26.3 Å². The summed E-state index contributed by atoms with van der Waals surface area (Å²) in [5, 5.41) is 3.54. The molecule has 4 spiro atoms. The predicted molar refractivity (Wildman–Crippen MR) is 353 cm³/mol. The van der Waals surface area contributed by atoms with Crippen LogP contribution in [-0.4, -0.2) is 200 Å². The molecule has 14 saturated heterocycles. The van der Waals surface area contributed by atoms with Crippen molar-refractivity contribution < 1.29 is 103 Å². The third-order valence-corrected chi connectivity index (χ3v) is 29.0. The fraction of sp³-hybridized carbons (Fsp3) is 0.946. The van der Waals surface area contributed by atoms with Gasteiger partial charge in [0.2, 0.25) is 35.7 Å². The van der Waals surface area contributed by atoms with Gasteiger partial charge in [-0.25, -0.2) is 19.6 Å². The normalized spacial score (nSPS) is 51.1. The minimum atomic E-state index is -4.60. The Morgan fingerprint density at radius 2 is 0.812 bits per heavy atom. The summed E-state index contributed by atoms with van der Waals surface area (Å²) in [6.07, 6.45) is 3.88. The Hall–Kier alpha value is -1.58. The van der Waals surface area contributed by atoms with E-state index in [-0.39, 0.29) is 47.0 Å². The highest BCUT2D eigenvalue weighted by Gasteiger charge is 2.76. The van der Waals surface area contributed by atoms with Gasteiger partial charge in [0.05, 0.1) is 13.2 Å². The molecule has 0 aromatic rings. The van der Waals surface area contributed by atoms with Gasteiger partial charge in [-0.3, -0.25) is 14.7 Å². The number of rotatable bonds is 11. The van der Waals surface area contributed by atoms with Gasteiger partial charge in [-0.15, -0.1) is 0 Å². The van der Waals surface area contributed by atoms with Crippen molar-refractivity contribution in [3.05, 3.63) is 22.7 Å². The van der Waals surface area contributed by atoms with Crippen LogP contribution in [0.3, 0.4) is 0 Å². The molecule has 0 aromatic heterocycles. The van der Waals surface area contributed by atoms with Gasteiger partial charge >= 0.3 is 12.4 Å². The number of allylic oxidation sites excluding steroid dienone is 2. The van der Waals surface area contributed by atoms with Crippen LogP contribution in [0.2, 0.25) is 0 Å². The summed E-state index contributed by atoms with van der Waals surface area (Å²) in [6, 6.07) is 0. The van der Waals surface area contributed by atoms with Gasteiger partial charge in [0.15, 0.2) is 46.9 Å². The molecule has 20 aliphatic rings. The largest absolute Gasteiger partial charge is 0.456 e. The van der Waals surface area contributed by atoms with E-state index in [1.54, 1.807) is 0 Å². The van der Waals surface area contributed by atoms with Crippen molar-refractivity contribution in [2.75, 3.05) is 90.5 Å². The Morgan fingerprint density at radius 1 is 0.436 bits per heavy atom. The number of halogens is 7. The van der Waals surface area contributed by atoms with Gasteiger partial charge in [-0.05, 0) is 177 Å². The number of hydrogen-bond acceptors (Lipinski definition) is 20. The van der Waals surface area contributed by atoms with Crippen LogP contribution in [0.25, 0.3) is 0 Å². The number of piperazine rings is 2. The van der Waals surface area contributed by atoms with E-state index in [4.69, 9.17) is 76.4 Å². The maximum absolute atomic E-state index is 14.6. The van der Waals surface area contributed by atoms with E-state index in [1.807, 2.05) is 34.6 Å². The van der Waals surface area contributed by atoms with Gasteiger partial charge in [0.1, 0.15) is 11.2 Å². The van der Waals surface area contributed by atoms with E-state index >= 15 is 0 Å². The highest BCUT2D eigenvalue weighted by atomic mass is 79.9. The predicted octanol–water partition coefficient (Wildman–Crippen LogP) is 12.9. The molecule has 1 N–H and O–H groups in total. The molecule has 4 saturated carbocycles. The Labute approximate surface area is 599 Å². The lowest BCUT2D eigenvalue weighted by molar-refractivity contribution is -0.580. The molecule has 27 heteroatoms. The molecule has 4 unspecified atom stereocenters. The number of nitrogens with zero attached hydrogens (tertiary/aromatic N) is 3. The van der Waals surface area contributed by atoms with Gasteiger partial charge in [0, 0.05) is 140 Å². The molecule has 572 valence electrons. The Bertz CT molecular complexity index is 3130. The first-order chi connectivity index (χ1) is 47.8. The minimum absolute atomic E-state index is 0.111. The summed E-state index contributed by atoms with van der Waals surface area (Å²) in [5.41, 5.74) is -2.12. The smallest absolute Gasteiger partial charge is 0.449 e. The number of fused-ring (bicyclic) bond motifs is 6. The molecule has 0 aromatic carbocycles. The molecule has 0 radical (unpaired) electrons. The zero-order chi connectivity index (χ0) is 70.9. The first-order valence-electron chi connectivity index (χ1n) is 38.7. The summed E-state index contributed by atoms with van der Waals surface area (Å²) in [6.45, 7) is 30.8. The van der Waals surface area contributed by atoms with E-state index in [0.29, 0.717) is 112 Å². The van der Waals surface area contributed by atoms with Crippen LogP contribution in [0.5, 0.6) is 0 Å². The zero-order valence-corrected chi connectivity index (χ0v) is 62.5. The van der Waals surface area contributed by atoms with E-state index in [1.165, 1.54) is 6.42 Å². The molecule has 18 fully saturated rings. The van der Waals surface area contributed by atoms with Crippen molar-refractivity contribution >= 4 is 15.9 Å². The van der Waals surface area contributed by atoms with Crippen LogP contribution in [0.4, 0.5) is 26.3 Å². The molecule has 8 bridgehead atoms.